The van der Waals surface area contributed by atoms with Crippen molar-refractivity contribution >= 4 is 57.6 Å². The molecule has 0 aliphatic heterocycles. The summed E-state index contributed by atoms with van der Waals surface area (Å²) in [6.45, 7) is -1.46. The second-order valence-corrected chi connectivity index (χ2v) is 5.79. The van der Waals surface area contributed by atoms with Crippen molar-refractivity contribution in [2.45, 2.75) is 0 Å². The van der Waals surface area contributed by atoms with Crippen molar-refractivity contribution in [2.75, 3.05) is 0 Å². The zero-order chi connectivity index (χ0) is 3.58. The van der Waals surface area contributed by atoms with Gasteiger partial charge in [-0.15, -0.1) is 33.2 Å². The van der Waals surface area contributed by atoms with Crippen LogP contribution in [0.1, 0.15) is 0 Å². The minimum atomic E-state index is -1.46. The van der Waals surface area contributed by atoms with E-state index in [1.165, 1.54) is 0 Å². The van der Waals surface area contributed by atoms with E-state index in [1.54, 1.807) is 0 Å². The SMILES string of the molecule is Cl[Si](Cl)Cl.[GeH3]. The molecular formula is H3Cl3GeSi. The van der Waals surface area contributed by atoms with E-state index in [0.717, 1.165) is 0 Å². The first kappa shape index (κ1) is 9.80. The van der Waals surface area contributed by atoms with Crippen LogP contribution in [0.15, 0.2) is 0 Å². The van der Waals surface area contributed by atoms with E-state index >= 15 is 0 Å². The third-order valence-electron chi connectivity index (χ3n) is 0. The van der Waals surface area contributed by atoms with Crippen molar-refractivity contribution in [1.29, 1.82) is 0 Å². The van der Waals surface area contributed by atoms with E-state index in [-0.39, 0.29) is 17.6 Å². The number of hydrogen-bond acceptors (Lipinski definition) is 0. The summed E-state index contributed by atoms with van der Waals surface area (Å²) in [5, 5.41) is 0. The summed E-state index contributed by atoms with van der Waals surface area (Å²) < 4.78 is 0. The molecule has 0 bridgehead atoms. The summed E-state index contributed by atoms with van der Waals surface area (Å²) in [6, 6.07) is 0. The van der Waals surface area contributed by atoms with E-state index in [1.807, 2.05) is 0 Å². The van der Waals surface area contributed by atoms with E-state index in [4.69, 9.17) is 33.2 Å². The van der Waals surface area contributed by atoms with Crippen LogP contribution < -0.4 is 0 Å². The molecule has 0 N–H and O–H groups in total. The molecule has 0 aliphatic carbocycles. The second-order valence-electron chi connectivity index (χ2n) is 0.214. The molecule has 5 heteroatoms. The van der Waals surface area contributed by atoms with Crippen LogP contribution >= 0.6 is 33.2 Å². The van der Waals surface area contributed by atoms with Crippen molar-refractivity contribution in [1.82, 2.24) is 0 Å². The first-order valence-corrected chi connectivity index (χ1v) is 5.10. The normalized spacial score (nSPS) is 7.20. The van der Waals surface area contributed by atoms with Gasteiger partial charge in [0, 0.05) is 0 Å². The van der Waals surface area contributed by atoms with Crippen molar-refractivity contribution < 1.29 is 0 Å². The molecule has 2 radical (unpaired) electrons. The molecule has 0 unspecified atom stereocenters. The van der Waals surface area contributed by atoms with Crippen molar-refractivity contribution in [2.24, 2.45) is 0 Å². The molecule has 0 aromatic rings. The molecule has 0 nitrogen and oxygen atoms in total. The number of rotatable bonds is 0. The number of halogens is 3. The predicted octanol–water partition coefficient (Wildman–Crippen LogP) is 0.504. The van der Waals surface area contributed by atoms with Crippen LogP contribution in [0, 0.1) is 0 Å². The van der Waals surface area contributed by atoms with Crippen LogP contribution in [-0.4, -0.2) is 24.3 Å². The van der Waals surface area contributed by atoms with E-state index in [2.05, 4.69) is 0 Å². The second kappa shape index (κ2) is 5.63. The van der Waals surface area contributed by atoms with Crippen LogP contribution in [0.2, 0.25) is 0 Å². The summed E-state index contributed by atoms with van der Waals surface area (Å²) in [5.74, 6) is 0. The molecule has 32 valence electrons. The van der Waals surface area contributed by atoms with E-state index < -0.39 is 6.73 Å². The summed E-state index contributed by atoms with van der Waals surface area (Å²) in [5.41, 5.74) is 0. The molecule has 0 fully saturated rings. The molecule has 0 aliphatic rings. The average Bonchev–Trinajstić information content (AvgIpc) is 0.811. The maximum atomic E-state index is 4.91. The molecule has 0 saturated carbocycles. The molecule has 0 aromatic carbocycles. The topological polar surface area (TPSA) is 0 Å². The van der Waals surface area contributed by atoms with Crippen LogP contribution in [-0.2, 0) is 0 Å². The Labute approximate surface area is 57.5 Å². The van der Waals surface area contributed by atoms with Gasteiger partial charge in [0.2, 0.25) is 0 Å². The first-order valence-electron chi connectivity index (χ1n) is 0.567. The Kier molecular flexibility index (Phi) is 11.0. The Morgan fingerprint density at radius 3 is 1.00 bits per heavy atom. The quantitative estimate of drug-likeness (QED) is 0.403. The van der Waals surface area contributed by atoms with Crippen LogP contribution in [0.5, 0.6) is 0 Å². The fraction of sp³-hybridized carbons (Fsp3) is 0. The number of hydrogen-bond donors (Lipinski definition) is 0. The van der Waals surface area contributed by atoms with Gasteiger partial charge in [-0.05, 0) is 0 Å². The van der Waals surface area contributed by atoms with Gasteiger partial charge in [0.05, 0.1) is 0 Å². The van der Waals surface area contributed by atoms with Gasteiger partial charge in [-0.2, -0.15) is 0 Å². The molecule has 5 heavy (non-hydrogen) atoms. The monoisotopic (exact) mass is 210 g/mol. The van der Waals surface area contributed by atoms with Gasteiger partial charge in [-0.1, -0.05) is 0 Å². The predicted molar refractivity (Wildman–Crippen MR) is 33.3 cm³/mol. The summed E-state index contributed by atoms with van der Waals surface area (Å²) in [4.78, 5) is 0. The van der Waals surface area contributed by atoms with Gasteiger partial charge in [0.1, 0.15) is 0 Å². The molecule has 0 atom stereocenters. The van der Waals surface area contributed by atoms with Crippen LogP contribution in [0.25, 0.3) is 0 Å². The maximum absolute atomic E-state index is 4.91. The van der Waals surface area contributed by atoms with Gasteiger partial charge in [-0.25, -0.2) is 0 Å². The molecule has 0 heterocycles. The van der Waals surface area contributed by atoms with E-state index in [0.29, 0.717) is 0 Å². The van der Waals surface area contributed by atoms with Gasteiger partial charge in [0.25, 0.3) is 0 Å². The molecule has 0 spiro atoms. The van der Waals surface area contributed by atoms with Gasteiger partial charge >= 0.3 is 24.3 Å². The summed E-state index contributed by atoms with van der Waals surface area (Å²) in [6.07, 6.45) is 0. The zero-order valence-electron chi connectivity index (χ0n) is 2.63. The molecule has 0 saturated heterocycles. The third-order valence-corrected chi connectivity index (χ3v) is 0. The Morgan fingerprint density at radius 2 is 1.00 bits per heavy atom. The van der Waals surface area contributed by atoms with Crippen molar-refractivity contribution in [3.8, 4) is 0 Å². The first-order chi connectivity index (χ1) is 1.73. The molecule has 0 rings (SSSR count). The van der Waals surface area contributed by atoms with Crippen LogP contribution in [0.4, 0.5) is 0 Å². The van der Waals surface area contributed by atoms with Gasteiger partial charge in [-0.3, -0.25) is 0 Å². The van der Waals surface area contributed by atoms with Gasteiger partial charge in [0.15, 0.2) is 0 Å². The standard InChI is InChI=1S/Cl3Si.GeH3/c1-4(2)3;/h;1H3. The Hall–Kier alpha value is 1.63. The van der Waals surface area contributed by atoms with Crippen molar-refractivity contribution in [3.05, 3.63) is 0 Å². The Morgan fingerprint density at radius 1 is 1.00 bits per heavy atom. The minimum absolute atomic E-state index is 0. The Balaban J connectivity index is 0. The molecular weight excluding hydrogens is 207 g/mol. The fourth-order valence-corrected chi connectivity index (χ4v) is 0. The fourth-order valence-electron chi connectivity index (χ4n) is 0. The molecule has 0 aromatic heterocycles. The third kappa shape index (κ3) is 27.9. The van der Waals surface area contributed by atoms with Gasteiger partial charge < -0.3 is 0 Å². The van der Waals surface area contributed by atoms with Crippen molar-refractivity contribution in [3.63, 3.8) is 0 Å². The summed E-state index contributed by atoms with van der Waals surface area (Å²) >= 11 is 14.7. The molecule has 0 amide bonds. The Bertz CT molecular complexity index is 11.6. The van der Waals surface area contributed by atoms with Crippen LogP contribution in [0.3, 0.4) is 0 Å². The van der Waals surface area contributed by atoms with E-state index in [9.17, 15) is 0 Å². The summed E-state index contributed by atoms with van der Waals surface area (Å²) in [7, 11) is 0. The average molecular weight is 210 g/mol. The zero-order valence-corrected chi connectivity index (χ0v) is 10.1.